The smallest absolute Gasteiger partial charge is 0.410 e. The number of rotatable bonds is 0. The van der Waals surface area contributed by atoms with E-state index in [1.807, 2.05) is 20.8 Å². The Labute approximate surface area is 109 Å². The molecule has 0 radical (unpaired) electrons. The third kappa shape index (κ3) is 2.78. The number of hydrogen-bond acceptors (Lipinski definition) is 4. The highest BCUT2D eigenvalue weighted by atomic mass is 16.6. The van der Waals surface area contributed by atoms with E-state index < -0.39 is 5.60 Å². The molecule has 18 heavy (non-hydrogen) atoms. The van der Waals surface area contributed by atoms with E-state index in [0.29, 0.717) is 19.7 Å². The maximum atomic E-state index is 12.0. The largest absolute Gasteiger partial charge is 0.444 e. The Morgan fingerprint density at radius 2 is 2.22 bits per heavy atom. The highest BCUT2D eigenvalue weighted by molar-refractivity contribution is 5.68. The monoisotopic (exact) mass is 256 g/mol. The topological polar surface area (TPSA) is 64.8 Å². The van der Waals surface area contributed by atoms with Crippen molar-refractivity contribution in [1.29, 1.82) is 0 Å². The lowest BCUT2D eigenvalue weighted by atomic mass is 9.79. The van der Waals surface area contributed by atoms with E-state index in [4.69, 9.17) is 15.2 Å². The molecule has 2 atom stereocenters. The van der Waals surface area contributed by atoms with Gasteiger partial charge in [-0.2, -0.15) is 0 Å². The molecule has 2 N–H and O–H groups in total. The van der Waals surface area contributed by atoms with Crippen molar-refractivity contribution in [2.75, 3.05) is 26.3 Å². The van der Waals surface area contributed by atoms with E-state index in [2.05, 4.69) is 0 Å². The van der Waals surface area contributed by atoms with Crippen molar-refractivity contribution in [3.05, 3.63) is 0 Å². The van der Waals surface area contributed by atoms with Crippen LogP contribution in [-0.2, 0) is 9.47 Å². The summed E-state index contributed by atoms with van der Waals surface area (Å²) in [5.74, 6) is 0. The first-order valence-corrected chi connectivity index (χ1v) is 6.64. The molecule has 0 aliphatic carbocycles. The molecule has 104 valence electrons. The average Bonchev–Trinajstić information content (AvgIpc) is 2.56. The summed E-state index contributed by atoms with van der Waals surface area (Å²) in [6.45, 7) is 8.32. The lowest BCUT2D eigenvalue weighted by Crippen LogP contribution is -2.46. The van der Waals surface area contributed by atoms with Gasteiger partial charge < -0.3 is 20.1 Å². The van der Waals surface area contributed by atoms with Gasteiger partial charge in [-0.05, 0) is 33.6 Å². The Morgan fingerprint density at radius 1 is 1.50 bits per heavy atom. The van der Waals surface area contributed by atoms with Crippen molar-refractivity contribution in [2.45, 2.75) is 45.3 Å². The molecule has 0 aromatic carbocycles. The normalized spacial score (nSPS) is 32.9. The van der Waals surface area contributed by atoms with E-state index in [0.717, 1.165) is 19.4 Å². The fourth-order valence-corrected chi connectivity index (χ4v) is 2.75. The maximum absolute atomic E-state index is 12.0. The van der Waals surface area contributed by atoms with Crippen LogP contribution < -0.4 is 5.73 Å². The summed E-state index contributed by atoms with van der Waals surface area (Å²) in [7, 11) is 0. The molecule has 0 aromatic heterocycles. The second-order valence-electron chi connectivity index (χ2n) is 6.49. The molecule has 0 aromatic rings. The van der Waals surface area contributed by atoms with Gasteiger partial charge in [0, 0.05) is 31.2 Å². The van der Waals surface area contributed by atoms with E-state index >= 15 is 0 Å². The molecule has 0 saturated carbocycles. The molecule has 2 rings (SSSR count). The molecule has 2 heterocycles. The van der Waals surface area contributed by atoms with Crippen LogP contribution in [0.1, 0.15) is 33.6 Å². The van der Waals surface area contributed by atoms with Gasteiger partial charge in [-0.3, -0.25) is 0 Å². The van der Waals surface area contributed by atoms with Gasteiger partial charge in [-0.1, -0.05) is 0 Å². The van der Waals surface area contributed by atoms with Crippen molar-refractivity contribution in [2.24, 2.45) is 11.1 Å². The van der Waals surface area contributed by atoms with Gasteiger partial charge in [-0.15, -0.1) is 0 Å². The standard InChI is InChI=1S/C13H24N2O3/c1-12(2,3)18-11(16)15-7-10(14)13(8-15)5-4-6-17-9-13/h10H,4-9,14H2,1-3H3. The number of amides is 1. The first kappa shape index (κ1) is 13.6. The summed E-state index contributed by atoms with van der Waals surface area (Å²) >= 11 is 0. The Hall–Kier alpha value is -0.810. The fourth-order valence-electron chi connectivity index (χ4n) is 2.75. The highest BCUT2D eigenvalue weighted by Crippen LogP contribution is 2.37. The van der Waals surface area contributed by atoms with E-state index in [9.17, 15) is 4.79 Å². The summed E-state index contributed by atoms with van der Waals surface area (Å²) < 4.78 is 10.9. The van der Waals surface area contributed by atoms with Gasteiger partial charge in [-0.25, -0.2) is 4.79 Å². The number of carbonyl (C=O) groups excluding carboxylic acids is 1. The minimum atomic E-state index is -0.458. The van der Waals surface area contributed by atoms with Crippen LogP contribution in [0.5, 0.6) is 0 Å². The van der Waals surface area contributed by atoms with Crippen LogP contribution in [0.25, 0.3) is 0 Å². The molecular weight excluding hydrogens is 232 g/mol. The zero-order valence-corrected chi connectivity index (χ0v) is 11.6. The minimum absolute atomic E-state index is 0.00896. The molecule has 1 amide bonds. The first-order chi connectivity index (χ1) is 8.32. The zero-order valence-electron chi connectivity index (χ0n) is 11.6. The fraction of sp³-hybridized carbons (Fsp3) is 0.923. The van der Waals surface area contributed by atoms with Crippen LogP contribution in [0, 0.1) is 5.41 Å². The predicted octanol–water partition coefficient (Wildman–Crippen LogP) is 1.36. The minimum Gasteiger partial charge on any atom is -0.444 e. The van der Waals surface area contributed by atoms with E-state index in [-0.39, 0.29) is 17.6 Å². The van der Waals surface area contributed by atoms with Crippen LogP contribution in [0.2, 0.25) is 0 Å². The highest BCUT2D eigenvalue weighted by Gasteiger charge is 2.48. The lowest BCUT2D eigenvalue weighted by molar-refractivity contribution is -0.0126. The van der Waals surface area contributed by atoms with Gasteiger partial charge >= 0.3 is 6.09 Å². The molecule has 2 aliphatic heterocycles. The third-order valence-electron chi connectivity index (χ3n) is 3.71. The molecule has 5 nitrogen and oxygen atoms in total. The number of nitrogens with two attached hydrogens (primary N) is 1. The summed E-state index contributed by atoms with van der Waals surface area (Å²) in [6, 6.07) is -0.00896. The second-order valence-corrected chi connectivity index (χ2v) is 6.49. The average molecular weight is 256 g/mol. The van der Waals surface area contributed by atoms with Crippen molar-refractivity contribution < 1.29 is 14.3 Å². The van der Waals surface area contributed by atoms with Gasteiger partial charge in [0.05, 0.1) is 6.61 Å². The summed E-state index contributed by atoms with van der Waals surface area (Å²) in [5.41, 5.74) is 5.69. The summed E-state index contributed by atoms with van der Waals surface area (Å²) in [6.07, 6.45) is 1.80. The van der Waals surface area contributed by atoms with Crippen LogP contribution in [0.15, 0.2) is 0 Å². The Balaban J connectivity index is 1.99. The molecule has 2 aliphatic rings. The number of ether oxygens (including phenoxy) is 2. The van der Waals surface area contributed by atoms with Crippen LogP contribution >= 0.6 is 0 Å². The molecule has 2 saturated heterocycles. The summed E-state index contributed by atoms with van der Waals surface area (Å²) in [4.78, 5) is 13.8. The summed E-state index contributed by atoms with van der Waals surface area (Å²) in [5, 5.41) is 0. The molecule has 2 fully saturated rings. The number of carbonyl (C=O) groups is 1. The van der Waals surface area contributed by atoms with Gasteiger partial charge in [0.2, 0.25) is 0 Å². The lowest BCUT2D eigenvalue weighted by Gasteiger charge is -2.36. The second kappa shape index (κ2) is 4.70. The number of likely N-dealkylation sites (tertiary alicyclic amines) is 1. The van der Waals surface area contributed by atoms with Crippen molar-refractivity contribution >= 4 is 6.09 Å². The predicted molar refractivity (Wildman–Crippen MR) is 68.3 cm³/mol. The Bertz CT molecular complexity index is 319. The van der Waals surface area contributed by atoms with E-state index in [1.165, 1.54) is 0 Å². The zero-order chi connectivity index (χ0) is 13.4. The molecule has 1 spiro atoms. The van der Waals surface area contributed by atoms with Crippen LogP contribution in [0.4, 0.5) is 4.79 Å². The first-order valence-electron chi connectivity index (χ1n) is 6.64. The van der Waals surface area contributed by atoms with Crippen LogP contribution in [0.3, 0.4) is 0 Å². The number of hydrogen-bond donors (Lipinski definition) is 1. The van der Waals surface area contributed by atoms with Gasteiger partial charge in [0.25, 0.3) is 0 Å². The molecule has 2 unspecified atom stereocenters. The Kier molecular flexibility index (Phi) is 3.56. The van der Waals surface area contributed by atoms with Crippen LogP contribution in [-0.4, -0.2) is 48.9 Å². The quantitative estimate of drug-likeness (QED) is 0.711. The van der Waals surface area contributed by atoms with Gasteiger partial charge in [0.15, 0.2) is 0 Å². The van der Waals surface area contributed by atoms with Crippen molar-refractivity contribution in [1.82, 2.24) is 4.90 Å². The third-order valence-corrected chi connectivity index (χ3v) is 3.71. The molecule has 0 bridgehead atoms. The van der Waals surface area contributed by atoms with Crippen molar-refractivity contribution in [3.8, 4) is 0 Å². The SMILES string of the molecule is CC(C)(C)OC(=O)N1CC(N)C2(CCCOC2)C1. The van der Waals surface area contributed by atoms with Gasteiger partial charge in [0.1, 0.15) is 5.60 Å². The molecule has 5 heteroatoms. The number of nitrogens with zero attached hydrogens (tertiary/aromatic N) is 1. The maximum Gasteiger partial charge on any atom is 0.410 e. The van der Waals surface area contributed by atoms with Crippen molar-refractivity contribution in [3.63, 3.8) is 0 Å². The Morgan fingerprint density at radius 3 is 2.78 bits per heavy atom. The molecular formula is C13H24N2O3. The van der Waals surface area contributed by atoms with E-state index in [1.54, 1.807) is 4.90 Å².